The van der Waals surface area contributed by atoms with Crippen molar-refractivity contribution < 1.29 is 17.9 Å². The van der Waals surface area contributed by atoms with Crippen molar-refractivity contribution in [3.8, 4) is 0 Å². The number of anilines is 1. The number of carbonyl (C=O) groups excluding carboxylic acids is 1. The number of nitrogens with zero attached hydrogens (tertiary/aromatic N) is 5. The van der Waals surface area contributed by atoms with Crippen LogP contribution < -0.4 is 5.73 Å². The number of imidazole rings is 1. The molecule has 176 valence electrons. The highest BCUT2D eigenvalue weighted by Crippen LogP contribution is 2.27. The molecular weight excluding hydrogens is 444 g/mol. The van der Waals surface area contributed by atoms with Crippen LogP contribution >= 0.6 is 0 Å². The number of esters is 1. The van der Waals surface area contributed by atoms with Gasteiger partial charge in [-0.2, -0.15) is 4.31 Å². The average molecular weight is 473 g/mol. The van der Waals surface area contributed by atoms with Gasteiger partial charge in [0.1, 0.15) is 11.8 Å². The Hall–Kier alpha value is -3.05. The second-order valence-electron chi connectivity index (χ2n) is 8.65. The van der Waals surface area contributed by atoms with E-state index in [0.717, 1.165) is 6.42 Å². The van der Waals surface area contributed by atoms with Crippen LogP contribution in [0.1, 0.15) is 37.0 Å². The van der Waals surface area contributed by atoms with Gasteiger partial charge in [0, 0.05) is 19.6 Å². The van der Waals surface area contributed by atoms with Crippen molar-refractivity contribution in [3.63, 3.8) is 0 Å². The lowest BCUT2D eigenvalue weighted by Crippen LogP contribution is -2.42. The number of piperidine rings is 1. The fourth-order valence-electron chi connectivity index (χ4n) is 4.28. The number of nitrogen functional groups attached to an aromatic ring is 1. The first-order chi connectivity index (χ1) is 15.8. The molecule has 1 aromatic carbocycles. The standard InChI is InChI=1S/C22H28N6O4S/c1-15-9-16(2)12-28(11-15)33(30,31)18-6-3-5-17(10-18)22(29)32-8-4-7-27-14-26-19-20(23)24-13-25-21(19)27/h3,5-6,10,13-16H,4,7-9,11-12H2,1-2H3,(H2,23,24,25). The van der Waals surface area contributed by atoms with Crippen molar-refractivity contribution >= 4 is 33.0 Å². The van der Waals surface area contributed by atoms with Gasteiger partial charge in [-0.1, -0.05) is 19.9 Å². The molecular formula is C22H28N6O4S. The van der Waals surface area contributed by atoms with Gasteiger partial charge in [0.05, 0.1) is 23.4 Å². The normalized spacial score (nSPS) is 19.6. The van der Waals surface area contributed by atoms with Gasteiger partial charge < -0.3 is 15.0 Å². The van der Waals surface area contributed by atoms with E-state index in [9.17, 15) is 13.2 Å². The zero-order valence-electron chi connectivity index (χ0n) is 18.7. The highest BCUT2D eigenvalue weighted by molar-refractivity contribution is 7.89. The molecule has 1 aliphatic heterocycles. The molecule has 2 unspecified atom stereocenters. The first-order valence-corrected chi connectivity index (χ1v) is 12.4. The summed E-state index contributed by atoms with van der Waals surface area (Å²) in [5.74, 6) is 0.349. The Balaban J connectivity index is 1.37. The molecule has 1 fully saturated rings. The Morgan fingerprint density at radius 1 is 1.18 bits per heavy atom. The van der Waals surface area contributed by atoms with Crippen LogP contribution in [0.25, 0.3) is 11.2 Å². The monoisotopic (exact) mass is 472 g/mol. The van der Waals surface area contributed by atoms with E-state index < -0.39 is 16.0 Å². The lowest BCUT2D eigenvalue weighted by atomic mass is 9.94. The minimum absolute atomic E-state index is 0.111. The number of carbonyl (C=O) groups is 1. The highest BCUT2D eigenvalue weighted by Gasteiger charge is 2.32. The predicted molar refractivity (Wildman–Crippen MR) is 123 cm³/mol. The number of aromatic nitrogens is 4. The Bertz CT molecular complexity index is 1250. The van der Waals surface area contributed by atoms with Gasteiger partial charge in [0.2, 0.25) is 10.0 Å². The van der Waals surface area contributed by atoms with Crippen LogP contribution in [-0.2, 0) is 21.3 Å². The van der Waals surface area contributed by atoms with Crippen LogP contribution in [0.2, 0.25) is 0 Å². The van der Waals surface area contributed by atoms with Gasteiger partial charge in [0.25, 0.3) is 0 Å². The van der Waals surface area contributed by atoms with Crippen molar-refractivity contribution in [2.24, 2.45) is 11.8 Å². The van der Waals surface area contributed by atoms with Crippen molar-refractivity contribution in [2.45, 2.75) is 38.1 Å². The largest absolute Gasteiger partial charge is 0.462 e. The summed E-state index contributed by atoms with van der Waals surface area (Å²) in [5, 5.41) is 0. The molecule has 0 spiro atoms. The SMILES string of the molecule is CC1CC(C)CN(S(=O)(=O)c2cccc(C(=O)OCCCn3cnc4c(N)ncnc43)c2)C1. The molecule has 1 saturated heterocycles. The molecule has 2 N–H and O–H groups in total. The van der Waals surface area contributed by atoms with Gasteiger partial charge in [-0.05, 0) is 42.9 Å². The zero-order valence-corrected chi connectivity index (χ0v) is 19.5. The fourth-order valence-corrected chi connectivity index (χ4v) is 6.01. The van der Waals surface area contributed by atoms with E-state index in [-0.39, 0.29) is 17.1 Å². The lowest BCUT2D eigenvalue weighted by Gasteiger charge is -2.34. The maximum Gasteiger partial charge on any atom is 0.338 e. The summed E-state index contributed by atoms with van der Waals surface area (Å²) in [4.78, 5) is 24.9. The van der Waals surface area contributed by atoms with E-state index >= 15 is 0 Å². The third-order valence-corrected chi connectivity index (χ3v) is 7.58. The maximum absolute atomic E-state index is 13.1. The molecule has 3 aromatic rings. The maximum atomic E-state index is 13.1. The predicted octanol–water partition coefficient (Wildman–Crippen LogP) is 2.32. The smallest absolute Gasteiger partial charge is 0.338 e. The molecule has 33 heavy (non-hydrogen) atoms. The second-order valence-corrected chi connectivity index (χ2v) is 10.6. The molecule has 2 aromatic heterocycles. The average Bonchev–Trinajstić information content (AvgIpc) is 3.20. The number of fused-ring (bicyclic) bond motifs is 1. The number of hydrogen-bond donors (Lipinski definition) is 1. The lowest BCUT2D eigenvalue weighted by molar-refractivity contribution is 0.0496. The second kappa shape index (κ2) is 9.44. The number of benzene rings is 1. The van der Waals surface area contributed by atoms with Crippen molar-refractivity contribution in [3.05, 3.63) is 42.5 Å². The summed E-state index contributed by atoms with van der Waals surface area (Å²) in [6, 6.07) is 6.05. The van der Waals surface area contributed by atoms with Gasteiger partial charge in [-0.25, -0.2) is 28.2 Å². The molecule has 0 radical (unpaired) electrons. The Morgan fingerprint density at radius 3 is 2.70 bits per heavy atom. The highest BCUT2D eigenvalue weighted by atomic mass is 32.2. The van der Waals surface area contributed by atoms with Crippen LogP contribution in [0, 0.1) is 11.8 Å². The summed E-state index contributed by atoms with van der Waals surface area (Å²) in [6.45, 7) is 5.78. The molecule has 0 bridgehead atoms. The number of sulfonamides is 1. The first kappa shape index (κ1) is 23.1. The summed E-state index contributed by atoms with van der Waals surface area (Å²) < 4.78 is 34.9. The van der Waals surface area contributed by atoms with Crippen LogP contribution in [0.15, 0.2) is 41.8 Å². The molecule has 0 saturated carbocycles. The first-order valence-electron chi connectivity index (χ1n) is 10.9. The Labute approximate surface area is 192 Å². The van der Waals surface area contributed by atoms with Gasteiger partial charge in [-0.3, -0.25) is 0 Å². The molecule has 11 heteroatoms. The Morgan fingerprint density at radius 2 is 1.94 bits per heavy atom. The minimum Gasteiger partial charge on any atom is -0.462 e. The van der Waals surface area contributed by atoms with E-state index in [1.54, 1.807) is 18.5 Å². The van der Waals surface area contributed by atoms with Crippen LogP contribution in [-0.4, -0.2) is 57.9 Å². The Kier molecular flexibility index (Phi) is 6.61. The summed E-state index contributed by atoms with van der Waals surface area (Å²) in [5.41, 5.74) is 7.15. The van der Waals surface area contributed by atoms with Crippen LogP contribution in [0.5, 0.6) is 0 Å². The van der Waals surface area contributed by atoms with Crippen molar-refractivity contribution in [1.82, 2.24) is 23.8 Å². The van der Waals surface area contributed by atoms with E-state index in [0.29, 0.717) is 54.9 Å². The van der Waals surface area contributed by atoms with E-state index in [4.69, 9.17) is 10.5 Å². The minimum atomic E-state index is -3.67. The molecule has 10 nitrogen and oxygen atoms in total. The molecule has 2 atom stereocenters. The topological polar surface area (TPSA) is 133 Å². The van der Waals surface area contributed by atoms with Crippen molar-refractivity contribution in [2.75, 3.05) is 25.4 Å². The van der Waals surface area contributed by atoms with Crippen LogP contribution in [0.3, 0.4) is 0 Å². The van der Waals surface area contributed by atoms with E-state index in [2.05, 4.69) is 28.8 Å². The third kappa shape index (κ3) is 4.98. The van der Waals surface area contributed by atoms with Gasteiger partial charge in [0.15, 0.2) is 11.5 Å². The van der Waals surface area contributed by atoms with Crippen molar-refractivity contribution in [1.29, 1.82) is 0 Å². The molecule has 3 heterocycles. The number of aryl methyl sites for hydroxylation is 1. The number of rotatable bonds is 7. The van der Waals surface area contributed by atoms with Gasteiger partial charge in [-0.15, -0.1) is 0 Å². The number of ether oxygens (including phenoxy) is 1. The number of hydrogen-bond acceptors (Lipinski definition) is 8. The summed E-state index contributed by atoms with van der Waals surface area (Å²) in [7, 11) is -3.67. The molecule has 0 aliphatic carbocycles. The summed E-state index contributed by atoms with van der Waals surface area (Å²) in [6.07, 6.45) is 4.53. The summed E-state index contributed by atoms with van der Waals surface area (Å²) >= 11 is 0. The molecule has 1 aliphatic rings. The molecule has 0 amide bonds. The zero-order chi connectivity index (χ0) is 23.6. The number of nitrogens with two attached hydrogens (primary N) is 1. The quantitative estimate of drug-likeness (QED) is 0.409. The van der Waals surface area contributed by atoms with Crippen LogP contribution in [0.4, 0.5) is 5.82 Å². The van der Waals surface area contributed by atoms with E-state index in [1.807, 2.05) is 4.57 Å². The van der Waals surface area contributed by atoms with E-state index in [1.165, 1.54) is 22.8 Å². The fraction of sp³-hybridized carbons (Fsp3) is 0.455. The van der Waals surface area contributed by atoms with Gasteiger partial charge >= 0.3 is 5.97 Å². The molecule has 4 rings (SSSR count). The third-order valence-electron chi connectivity index (χ3n) is 5.75.